The predicted octanol–water partition coefficient (Wildman–Crippen LogP) is 3.03. The van der Waals surface area contributed by atoms with Crippen molar-refractivity contribution < 1.29 is 8.78 Å². The first kappa shape index (κ1) is 11.0. The fourth-order valence-electron chi connectivity index (χ4n) is 1.34. The third kappa shape index (κ3) is 1.90. The fraction of sp³-hybridized carbons (Fsp3) is 0.200. The number of rotatable bonds is 2. The van der Waals surface area contributed by atoms with Crippen molar-refractivity contribution in [3.8, 4) is 5.82 Å². The molecule has 0 saturated carbocycles. The molecule has 0 unspecified atom stereocenters. The molecule has 2 rings (SSSR count). The molecule has 0 N–H and O–H groups in total. The smallest absolute Gasteiger partial charge is 0.236 e. The molecule has 0 aromatic carbocycles. The van der Waals surface area contributed by atoms with Gasteiger partial charge in [-0.05, 0) is 18.2 Å². The molecule has 0 saturated heterocycles. The Kier molecular flexibility index (Phi) is 2.63. The van der Waals surface area contributed by atoms with Gasteiger partial charge in [-0.2, -0.15) is 13.9 Å². The van der Waals surface area contributed by atoms with Gasteiger partial charge in [-0.25, -0.2) is 9.67 Å². The average Bonchev–Trinajstić information content (AvgIpc) is 2.66. The minimum atomic E-state index is -2.99. The molecule has 0 aliphatic carbocycles. The lowest BCUT2D eigenvalue weighted by atomic mass is 10.2. The van der Waals surface area contributed by atoms with Gasteiger partial charge in [-0.1, -0.05) is 11.6 Å². The summed E-state index contributed by atoms with van der Waals surface area (Å²) >= 11 is 5.87. The Morgan fingerprint density at radius 3 is 2.69 bits per heavy atom. The highest BCUT2D eigenvalue weighted by Crippen LogP contribution is 2.29. The van der Waals surface area contributed by atoms with E-state index in [-0.39, 0.29) is 16.5 Å². The molecule has 0 amide bonds. The number of hydrogen-bond donors (Lipinski definition) is 0. The Hall–Kier alpha value is -1.49. The van der Waals surface area contributed by atoms with Crippen LogP contribution in [0.3, 0.4) is 0 Å². The van der Waals surface area contributed by atoms with Gasteiger partial charge in [-0.3, -0.25) is 0 Å². The van der Waals surface area contributed by atoms with Crippen LogP contribution in [0.25, 0.3) is 5.82 Å². The Morgan fingerprint density at radius 1 is 1.31 bits per heavy atom. The molecular formula is C10H8ClF2N3. The molecule has 0 bridgehead atoms. The van der Waals surface area contributed by atoms with Crippen LogP contribution in [0.1, 0.15) is 12.6 Å². The summed E-state index contributed by atoms with van der Waals surface area (Å²) < 4.78 is 27.5. The molecule has 84 valence electrons. The van der Waals surface area contributed by atoms with Crippen molar-refractivity contribution in [2.75, 3.05) is 0 Å². The van der Waals surface area contributed by atoms with Gasteiger partial charge in [0.25, 0.3) is 5.92 Å². The van der Waals surface area contributed by atoms with Crippen LogP contribution < -0.4 is 0 Å². The minimum Gasteiger partial charge on any atom is -0.236 e. The van der Waals surface area contributed by atoms with E-state index in [4.69, 9.17) is 11.6 Å². The second-order valence-electron chi connectivity index (χ2n) is 3.33. The van der Waals surface area contributed by atoms with E-state index in [1.165, 1.54) is 18.5 Å². The first-order chi connectivity index (χ1) is 7.50. The van der Waals surface area contributed by atoms with Gasteiger partial charge in [0.05, 0.1) is 5.02 Å². The number of hydrogen-bond acceptors (Lipinski definition) is 2. The minimum absolute atomic E-state index is 0.200. The third-order valence-corrected chi connectivity index (χ3v) is 2.33. The zero-order chi connectivity index (χ0) is 11.8. The number of pyridine rings is 1. The summed E-state index contributed by atoms with van der Waals surface area (Å²) in [7, 11) is 0. The van der Waals surface area contributed by atoms with Gasteiger partial charge < -0.3 is 0 Å². The summed E-state index contributed by atoms with van der Waals surface area (Å²) in [6.07, 6.45) is 2.76. The Labute approximate surface area is 95.7 Å². The van der Waals surface area contributed by atoms with E-state index in [9.17, 15) is 8.78 Å². The number of nitrogens with zero attached hydrogens (tertiary/aromatic N) is 3. The highest BCUT2D eigenvalue weighted by Gasteiger charge is 2.30. The van der Waals surface area contributed by atoms with E-state index in [2.05, 4.69) is 10.1 Å². The molecule has 0 aliphatic heterocycles. The van der Waals surface area contributed by atoms with Crippen molar-refractivity contribution in [2.45, 2.75) is 12.8 Å². The number of aromatic nitrogens is 3. The molecule has 16 heavy (non-hydrogen) atoms. The van der Waals surface area contributed by atoms with Gasteiger partial charge >= 0.3 is 0 Å². The van der Waals surface area contributed by atoms with Gasteiger partial charge in [0.2, 0.25) is 0 Å². The van der Waals surface area contributed by atoms with E-state index in [0.29, 0.717) is 0 Å². The third-order valence-electron chi connectivity index (χ3n) is 2.03. The molecule has 3 nitrogen and oxygen atoms in total. The molecule has 0 radical (unpaired) electrons. The molecule has 2 heterocycles. The van der Waals surface area contributed by atoms with Crippen molar-refractivity contribution >= 4 is 11.6 Å². The van der Waals surface area contributed by atoms with Crippen molar-refractivity contribution in [3.63, 3.8) is 0 Å². The summed E-state index contributed by atoms with van der Waals surface area (Å²) in [5, 5.41) is 4.08. The van der Waals surface area contributed by atoms with Crippen LogP contribution in [0.15, 0.2) is 30.6 Å². The van der Waals surface area contributed by atoms with Crippen molar-refractivity contribution in [3.05, 3.63) is 41.3 Å². The molecule has 2 aromatic heterocycles. The van der Waals surface area contributed by atoms with E-state index >= 15 is 0 Å². The van der Waals surface area contributed by atoms with Crippen LogP contribution in [-0.4, -0.2) is 14.8 Å². The van der Waals surface area contributed by atoms with Gasteiger partial charge in [-0.15, -0.1) is 0 Å². The predicted molar refractivity (Wildman–Crippen MR) is 55.9 cm³/mol. The van der Waals surface area contributed by atoms with Gasteiger partial charge in [0.15, 0.2) is 5.82 Å². The van der Waals surface area contributed by atoms with Crippen molar-refractivity contribution in [2.24, 2.45) is 0 Å². The lowest BCUT2D eigenvalue weighted by Crippen LogP contribution is -2.15. The van der Waals surface area contributed by atoms with Crippen molar-refractivity contribution in [1.82, 2.24) is 14.8 Å². The summed E-state index contributed by atoms with van der Waals surface area (Å²) in [4.78, 5) is 3.93. The zero-order valence-corrected chi connectivity index (χ0v) is 9.12. The molecule has 2 aromatic rings. The lowest BCUT2D eigenvalue weighted by Gasteiger charge is -2.13. The van der Waals surface area contributed by atoms with E-state index in [0.717, 1.165) is 11.6 Å². The highest BCUT2D eigenvalue weighted by molar-refractivity contribution is 6.32. The molecule has 0 spiro atoms. The Morgan fingerprint density at radius 2 is 2.06 bits per heavy atom. The van der Waals surface area contributed by atoms with Crippen LogP contribution in [0.4, 0.5) is 8.78 Å². The molecule has 6 heteroatoms. The quantitative estimate of drug-likeness (QED) is 0.812. The second kappa shape index (κ2) is 3.83. The Bertz CT molecular complexity index is 505. The largest absolute Gasteiger partial charge is 0.287 e. The highest BCUT2D eigenvalue weighted by atomic mass is 35.5. The van der Waals surface area contributed by atoms with Crippen LogP contribution >= 0.6 is 11.6 Å². The maximum absolute atomic E-state index is 13.2. The normalized spacial score (nSPS) is 11.8. The van der Waals surface area contributed by atoms with E-state index in [1.54, 1.807) is 12.1 Å². The SMILES string of the molecule is CC(F)(F)c1ccnn1-c1ncccc1Cl. The lowest BCUT2D eigenvalue weighted by molar-refractivity contribution is 0.0101. The van der Waals surface area contributed by atoms with Crippen molar-refractivity contribution in [1.29, 1.82) is 0 Å². The monoisotopic (exact) mass is 243 g/mol. The molecular weight excluding hydrogens is 236 g/mol. The van der Waals surface area contributed by atoms with Gasteiger partial charge in [0.1, 0.15) is 5.69 Å². The van der Waals surface area contributed by atoms with E-state index in [1.807, 2.05) is 0 Å². The molecule has 0 atom stereocenters. The van der Waals surface area contributed by atoms with Crippen LogP contribution in [-0.2, 0) is 5.92 Å². The topological polar surface area (TPSA) is 30.7 Å². The first-order valence-electron chi connectivity index (χ1n) is 4.53. The zero-order valence-electron chi connectivity index (χ0n) is 8.36. The summed E-state index contributed by atoms with van der Waals surface area (Å²) in [6.45, 7) is 0.803. The number of alkyl halides is 2. The average molecular weight is 244 g/mol. The summed E-state index contributed by atoms with van der Waals surface area (Å²) in [5.74, 6) is -2.79. The first-order valence-corrected chi connectivity index (χ1v) is 4.91. The number of halogens is 3. The van der Waals surface area contributed by atoms with Crippen LogP contribution in [0.5, 0.6) is 0 Å². The van der Waals surface area contributed by atoms with Crippen LogP contribution in [0, 0.1) is 0 Å². The maximum atomic E-state index is 13.2. The van der Waals surface area contributed by atoms with Crippen LogP contribution in [0.2, 0.25) is 5.02 Å². The maximum Gasteiger partial charge on any atom is 0.287 e. The molecule has 0 fully saturated rings. The second-order valence-corrected chi connectivity index (χ2v) is 3.73. The van der Waals surface area contributed by atoms with Gasteiger partial charge in [0, 0.05) is 19.3 Å². The molecule has 0 aliphatic rings. The van der Waals surface area contributed by atoms with E-state index < -0.39 is 5.92 Å². The Balaban J connectivity index is 2.58. The standard InChI is InChI=1S/C10H8ClF2N3/c1-10(12,13)8-4-6-15-16(8)9-7(11)3-2-5-14-9/h2-6H,1H3. The fourth-order valence-corrected chi connectivity index (χ4v) is 1.54. The summed E-state index contributed by atoms with van der Waals surface area (Å²) in [5.41, 5.74) is -0.242. The summed E-state index contributed by atoms with van der Waals surface area (Å²) in [6, 6.07) is 4.44.